The van der Waals surface area contributed by atoms with Crippen LogP contribution in [-0.4, -0.2) is 25.6 Å². The first kappa shape index (κ1) is 13.0. The maximum absolute atomic E-state index is 9.03. The number of aromatic nitrogens is 3. The van der Waals surface area contributed by atoms with Crippen molar-refractivity contribution in [1.29, 1.82) is 0 Å². The average Bonchev–Trinajstić information content (AvgIpc) is 2.88. The molecule has 0 aliphatic heterocycles. The highest BCUT2D eigenvalue weighted by atomic mass is 16.3. The summed E-state index contributed by atoms with van der Waals surface area (Å²) in [6.45, 7) is 1.69. The molecule has 5 heteroatoms. The molecule has 3 rings (SSSR count). The standard InChI is InChI=1S/C8H10O2.C6H5N3/c1-6(9)7-2-4-8(10)5-3-7;1-2-4-6-5(3-1)7-9-8-6/h2-6,9-10H,1H3;1-4H,(H,7,8,9). The average molecular weight is 257 g/mol. The van der Waals surface area contributed by atoms with Gasteiger partial charge in [0.25, 0.3) is 0 Å². The van der Waals surface area contributed by atoms with Crippen molar-refractivity contribution in [2.24, 2.45) is 0 Å². The molecule has 1 unspecified atom stereocenters. The molecule has 0 spiro atoms. The molecular formula is C14H15N3O2. The quantitative estimate of drug-likeness (QED) is 0.625. The highest BCUT2D eigenvalue weighted by molar-refractivity contribution is 5.72. The summed E-state index contributed by atoms with van der Waals surface area (Å²) in [6.07, 6.45) is -0.458. The minimum atomic E-state index is -0.458. The van der Waals surface area contributed by atoms with Gasteiger partial charge in [-0.1, -0.05) is 29.5 Å². The van der Waals surface area contributed by atoms with Gasteiger partial charge in [0, 0.05) is 0 Å². The van der Waals surface area contributed by atoms with Crippen LogP contribution in [0.2, 0.25) is 0 Å². The number of H-pyrrole nitrogens is 1. The summed E-state index contributed by atoms with van der Waals surface area (Å²) < 4.78 is 0. The summed E-state index contributed by atoms with van der Waals surface area (Å²) in [5.74, 6) is 0.226. The number of nitrogens with one attached hydrogen (secondary N) is 1. The van der Waals surface area contributed by atoms with Crippen molar-refractivity contribution in [2.75, 3.05) is 0 Å². The topological polar surface area (TPSA) is 82.0 Å². The lowest BCUT2D eigenvalue weighted by atomic mass is 10.1. The van der Waals surface area contributed by atoms with E-state index in [0.29, 0.717) is 0 Å². The van der Waals surface area contributed by atoms with Gasteiger partial charge in [-0.15, -0.1) is 5.10 Å². The zero-order chi connectivity index (χ0) is 13.7. The molecule has 3 aromatic rings. The summed E-state index contributed by atoms with van der Waals surface area (Å²) in [5, 5.41) is 28.1. The molecule has 2 aromatic carbocycles. The second-order valence-electron chi connectivity index (χ2n) is 4.10. The Bertz CT molecular complexity index is 602. The smallest absolute Gasteiger partial charge is 0.115 e. The summed E-state index contributed by atoms with van der Waals surface area (Å²) in [5.41, 5.74) is 2.72. The van der Waals surface area contributed by atoms with Crippen molar-refractivity contribution >= 4 is 11.0 Å². The zero-order valence-corrected chi connectivity index (χ0v) is 10.5. The van der Waals surface area contributed by atoms with Crippen LogP contribution >= 0.6 is 0 Å². The highest BCUT2D eigenvalue weighted by Crippen LogP contribution is 2.15. The predicted molar refractivity (Wildman–Crippen MR) is 72.6 cm³/mol. The Morgan fingerprint density at radius 1 is 1.05 bits per heavy atom. The number of phenols is 1. The molecule has 0 aliphatic carbocycles. The van der Waals surface area contributed by atoms with Crippen molar-refractivity contribution in [3.63, 3.8) is 0 Å². The number of fused-ring (bicyclic) bond motifs is 1. The van der Waals surface area contributed by atoms with Crippen LogP contribution in [0.4, 0.5) is 0 Å². The van der Waals surface area contributed by atoms with Crippen LogP contribution in [0.15, 0.2) is 48.5 Å². The Morgan fingerprint density at radius 2 is 1.74 bits per heavy atom. The molecule has 5 nitrogen and oxygen atoms in total. The lowest BCUT2D eigenvalue weighted by Gasteiger charge is -2.02. The number of phenolic OH excluding ortho intramolecular Hbond substituents is 1. The number of rotatable bonds is 1. The molecule has 0 amide bonds. The van der Waals surface area contributed by atoms with Gasteiger partial charge in [0.2, 0.25) is 0 Å². The van der Waals surface area contributed by atoms with Crippen molar-refractivity contribution in [3.8, 4) is 5.75 Å². The van der Waals surface area contributed by atoms with Gasteiger partial charge in [-0.25, -0.2) is 0 Å². The number of para-hydroxylation sites is 1. The lowest BCUT2D eigenvalue weighted by Crippen LogP contribution is -1.88. The van der Waals surface area contributed by atoms with E-state index in [9.17, 15) is 0 Å². The van der Waals surface area contributed by atoms with Crippen LogP contribution in [0.25, 0.3) is 11.0 Å². The van der Waals surface area contributed by atoms with E-state index in [2.05, 4.69) is 15.4 Å². The largest absolute Gasteiger partial charge is 0.508 e. The monoisotopic (exact) mass is 257 g/mol. The molecular weight excluding hydrogens is 242 g/mol. The SMILES string of the molecule is CC(O)c1ccc(O)cc1.c1ccc2[nH]nnc2c1. The third-order valence-electron chi connectivity index (χ3n) is 2.61. The summed E-state index contributed by atoms with van der Waals surface area (Å²) in [7, 11) is 0. The van der Waals surface area contributed by atoms with E-state index in [4.69, 9.17) is 10.2 Å². The Kier molecular flexibility index (Phi) is 4.10. The molecule has 0 aliphatic rings. The van der Waals surface area contributed by atoms with Gasteiger partial charge in [-0.2, -0.15) is 0 Å². The molecule has 1 aromatic heterocycles. The number of aromatic amines is 1. The zero-order valence-electron chi connectivity index (χ0n) is 10.5. The Morgan fingerprint density at radius 3 is 2.37 bits per heavy atom. The normalized spacial score (nSPS) is 11.7. The van der Waals surface area contributed by atoms with Crippen LogP contribution in [-0.2, 0) is 0 Å². The van der Waals surface area contributed by atoms with Gasteiger partial charge in [0.1, 0.15) is 11.3 Å². The Hall–Kier alpha value is -2.40. The van der Waals surface area contributed by atoms with Crippen molar-refractivity contribution in [3.05, 3.63) is 54.1 Å². The van der Waals surface area contributed by atoms with Crippen molar-refractivity contribution < 1.29 is 10.2 Å². The van der Waals surface area contributed by atoms with E-state index in [1.165, 1.54) is 0 Å². The minimum Gasteiger partial charge on any atom is -0.508 e. The summed E-state index contributed by atoms with van der Waals surface area (Å²) >= 11 is 0. The molecule has 0 saturated carbocycles. The number of aliphatic hydroxyl groups excluding tert-OH is 1. The maximum atomic E-state index is 9.03. The molecule has 0 fully saturated rings. The second kappa shape index (κ2) is 5.97. The van der Waals surface area contributed by atoms with Crippen molar-refractivity contribution in [1.82, 2.24) is 15.4 Å². The fraction of sp³-hybridized carbons (Fsp3) is 0.143. The van der Waals surface area contributed by atoms with Gasteiger partial charge < -0.3 is 10.2 Å². The second-order valence-corrected chi connectivity index (χ2v) is 4.10. The summed E-state index contributed by atoms with van der Waals surface area (Å²) in [4.78, 5) is 0. The highest BCUT2D eigenvalue weighted by Gasteiger charge is 1.97. The summed E-state index contributed by atoms with van der Waals surface area (Å²) in [6, 6.07) is 14.2. The fourth-order valence-corrected chi connectivity index (χ4v) is 1.54. The number of aliphatic hydroxyl groups is 1. The van der Waals surface area contributed by atoms with Gasteiger partial charge in [-0.3, -0.25) is 5.10 Å². The van der Waals surface area contributed by atoms with Gasteiger partial charge in [0.05, 0.1) is 11.6 Å². The van der Waals surface area contributed by atoms with Crippen LogP contribution in [0.5, 0.6) is 5.75 Å². The fourth-order valence-electron chi connectivity index (χ4n) is 1.54. The number of aromatic hydroxyl groups is 1. The molecule has 19 heavy (non-hydrogen) atoms. The number of hydrogen-bond acceptors (Lipinski definition) is 4. The predicted octanol–water partition coefficient (Wildman–Crippen LogP) is 2.40. The Balaban J connectivity index is 0.000000141. The van der Waals surface area contributed by atoms with Crippen molar-refractivity contribution in [2.45, 2.75) is 13.0 Å². The molecule has 0 saturated heterocycles. The molecule has 0 bridgehead atoms. The number of hydrogen-bond donors (Lipinski definition) is 3. The van der Waals surface area contributed by atoms with E-state index < -0.39 is 6.10 Å². The molecule has 1 heterocycles. The van der Waals surface area contributed by atoms with E-state index in [0.717, 1.165) is 16.6 Å². The molecule has 1 atom stereocenters. The van der Waals surface area contributed by atoms with E-state index in [1.54, 1.807) is 31.2 Å². The number of benzene rings is 2. The molecule has 0 radical (unpaired) electrons. The van der Waals surface area contributed by atoms with E-state index >= 15 is 0 Å². The first-order chi connectivity index (χ1) is 9.16. The van der Waals surface area contributed by atoms with Crippen LogP contribution in [0, 0.1) is 0 Å². The van der Waals surface area contributed by atoms with E-state index in [1.807, 2.05) is 24.3 Å². The Labute approximate surface area is 110 Å². The van der Waals surface area contributed by atoms with E-state index in [-0.39, 0.29) is 5.75 Å². The van der Waals surface area contributed by atoms with Gasteiger partial charge in [0.15, 0.2) is 0 Å². The molecule has 98 valence electrons. The third kappa shape index (κ3) is 3.53. The van der Waals surface area contributed by atoms with Gasteiger partial charge in [-0.05, 0) is 36.8 Å². The first-order valence-electron chi connectivity index (χ1n) is 5.89. The first-order valence-corrected chi connectivity index (χ1v) is 5.89. The third-order valence-corrected chi connectivity index (χ3v) is 2.61. The lowest BCUT2D eigenvalue weighted by molar-refractivity contribution is 0.199. The number of nitrogens with zero attached hydrogens (tertiary/aromatic N) is 2. The van der Waals surface area contributed by atoms with Gasteiger partial charge >= 0.3 is 0 Å². The van der Waals surface area contributed by atoms with Crippen LogP contribution in [0.1, 0.15) is 18.6 Å². The maximum Gasteiger partial charge on any atom is 0.115 e. The molecule has 3 N–H and O–H groups in total. The minimum absolute atomic E-state index is 0.226. The van der Waals surface area contributed by atoms with Crippen LogP contribution < -0.4 is 0 Å². The van der Waals surface area contributed by atoms with Crippen LogP contribution in [0.3, 0.4) is 0 Å².